The molecule has 2 aromatic carbocycles. The normalized spacial score (nSPS) is 22.5. The number of hydrogen-bond donors (Lipinski definition) is 1. The number of rotatable bonds is 4. The number of methoxy groups -OCH3 is 1. The van der Waals surface area contributed by atoms with Gasteiger partial charge in [-0.15, -0.1) is 12.4 Å². The summed E-state index contributed by atoms with van der Waals surface area (Å²) in [7, 11) is 1.80. The minimum atomic E-state index is 0. The molecular weight excluding hydrogens is 296 g/mol. The van der Waals surface area contributed by atoms with Crippen molar-refractivity contribution in [2.45, 2.75) is 31.5 Å². The monoisotopic (exact) mass is 320 g/mol. The lowest BCUT2D eigenvalue weighted by atomic mass is 9.98. The van der Waals surface area contributed by atoms with Crippen LogP contribution in [-0.2, 0) is 11.3 Å². The molecule has 2 unspecified atom stereocenters. The fourth-order valence-electron chi connectivity index (χ4n) is 3.30. The second kappa shape index (κ2) is 7.93. The summed E-state index contributed by atoms with van der Waals surface area (Å²) in [5.41, 5.74) is 7.32. The second-order valence-electron chi connectivity index (χ2n) is 5.92. The maximum atomic E-state index is 5.96. The smallest absolute Gasteiger partial charge is 0.0599 e. The topological polar surface area (TPSA) is 38.5 Å². The third-order valence-corrected chi connectivity index (χ3v) is 4.59. The quantitative estimate of drug-likeness (QED) is 0.940. The summed E-state index contributed by atoms with van der Waals surface area (Å²) < 4.78 is 5.50. The van der Waals surface area contributed by atoms with Gasteiger partial charge in [0.2, 0.25) is 0 Å². The van der Waals surface area contributed by atoms with E-state index in [0.717, 1.165) is 25.9 Å². The number of piperidine rings is 1. The molecule has 22 heavy (non-hydrogen) atoms. The highest BCUT2D eigenvalue weighted by atomic mass is 35.5. The summed E-state index contributed by atoms with van der Waals surface area (Å²) >= 11 is 0. The molecule has 3 nitrogen and oxygen atoms in total. The number of hydrogen-bond acceptors (Lipinski definition) is 3. The third-order valence-electron chi connectivity index (χ3n) is 4.59. The Kier molecular flexibility index (Phi) is 6.21. The number of nitrogens with two attached hydrogens (primary N) is 1. The van der Waals surface area contributed by atoms with Gasteiger partial charge in [-0.1, -0.05) is 36.4 Å². The largest absolute Gasteiger partial charge is 0.381 e. The molecule has 0 bridgehead atoms. The van der Waals surface area contributed by atoms with Crippen molar-refractivity contribution in [3.63, 3.8) is 0 Å². The van der Waals surface area contributed by atoms with Crippen LogP contribution in [0.3, 0.4) is 0 Å². The summed E-state index contributed by atoms with van der Waals surface area (Å²) in [4.78, 5) is 2.50. The van der Waals surface area contributed by atoms with Gasteiger partial charge < -0.3 is 10.5 Å². The molecule has 2 aromatic rings. The van der Waals surface area contributed by atoms with E-state index in [-0.39, 0.29) is 12.4 Å². The van der Waals surface area contributed by atoms with E-state index in [2.05, 4.69) is 47.4 Å². The average molecular weight is 321 g/mol. The van der Waals surface area contributed by atoms with E-state index in [4.69, 9.17) is 10.5 Å². The number of fused-ring (bicyclic) bond motifs is 1. The van der Waals surface area contributed by atoms with Crippen LogP contribution in [0.15, 0.2) is 42.5 Å². The van der Waals surface area contributed by atoms with Crippen LogP contribution in [0.1, 0.15) is 18.4 Å². The van der Waals surface area contributed by atoms with E-state index in [1.807, 2.05) is 0 Å². The maximum absolute atomic E-state index is 5.96. The molecule has 4 heteroatoms. The zero-order chi connectivity index (χ0) is 14.7. The molecule has 0 aliphatic carbocycles. The van der Waals surface area contributed by atoms with Gasteiger partial charge in [0.15, 0.2) is 0 Å². The van der Waals surface area contributed by atoms with Crippen LogP contribution < -0.4 is 5.73 Å². The van der Waals surface area contributed by atoms with Gasteiger partial charge in [-0.25, -0.2) is 0 Å². The Morgan fingerprint density at radius 1 is 1.18 bits per heavy atom. The summed E-state index contributed by atoms with van der Waals surface area (Å²) in [6.45, 7) is 2.74. The SMILES string of the molecule is COC1CCN(Cc2ccc3ccccc3c2)C(CN)C1.Cl. The predicted octanol–water partition coefficient (Wildman–Crippen LogP) is 3.20. The second-order valence-corrected chi connectivity index (χ2v) is 5.92. The zero-order valence-electron chi connectivity index (χ0n) is 13.1. The fraction of sp³-hybridized carbons (Fsp3) is 0.444. The minimum absolute atomic E-state index is 0. The van der Waals surface area contributed by atoms with Crippen molar-refractivity contribution in [2.24, 2.45) is 5.73 Å². The molecule has 2 N–H and O–H groups in total. The molecule has 0 amide bonds. The van der Waals surface area contributed by atoms with Crippen LogP contribution in [0.25, 0.3) is 10.8 Å². The Morgan fingerprint density at radius 3 is 2.68 bits per heavy atom. The van der Waals surface area contributed by atoms with E-state index in [1.165, 1.54) is 16.3 Å². The van der Waals surface area contributed by atoms with Crippen LogP contribution in [0, 0.1) is 0 Å². The first-order valence-corrected chi connectivity index (χ1v) is 7.74. The number of benzene rings is 2. The lowest BCUT2D eigenvalue weighted by molar-refractivity contribution is 0.0102. The Hall–Kier alpha value is -1.13. The van der Waals surface area contributed by atoms with E-state index in [1.54, 1.807) is 7.11 Å². The number of nitrogens with zero attached hydrogens (tertiary/aromatic N) is 1. The Labute approximate surface area is 138 Å². The van der Waals surface area contributed by atoms with Crippen molar-refractivity contribution in [2.75, 3.05) is 20.2 Å². The number of ether oxygens (including phenoxy) is 1. The van der Waals surface area contributed by atoms with E-state index in [0.29, 0.717) is 18.7 Å². The van der Waals surface area contributed by atoms with Crippen molar-refractivity contribution < 1.29 is 4.74 Å². The van der Waals surface area contributed by atoms with Crippen molar-refractivity contribution >= 4 is 23.2 Å². The Bertz CT molecular complexity index is 604. The average Bonchev–Trinajstić information content (AvgIpc) is 2.55. The highest BCUT2D eigenvalue weighted by Gasteiger charge is 2.27. The lowest BCUT2D eigenvalue weighted by Crippen LogP contribution is -2.47. The van der Waals surface area contributed by atoms with E-state index < -0.39 is 0 Å². The number of halogens is 1. The van der Waals surface area contributed by atoms with Gasteiger partial charge in [0.05, 0.1) is 6.10 Å². The Balaban J connectivity index is 0.00000176. The summed E-state index contributed by atoms with van der Waals surface area (Å²) in [5, 5.41) is 2.61. The zero-order valence-corrected chi connectivity index (χ0v) is 13.9. The van der Waals surface area contributed by atoms with Gasteiger partial charge in [-0.05, 0) is 35.2 Å². The van der Waals surface area contributed by atoms with Crippen LogP contribution in [0.2, 0.25) is 0 Å². The summed E-state index contributed by atoms with van der Waals surface area (Å²) in [6.07, 6.45) is 2.51. The van der Waals surface area contributed by atoms with E-state index in [9.17, 15) is 0 Å². The van der Waals surface area contributed by atoms with Gasteiger partial charge in [0, 0.05) is 32.8 Å². The highest BCUT2D eigenvalue weighted by molar-refractivity contribution is 5.85. The first-order valence-electron chi connectivity index (χ1n) is 7.74. The van der Waals surface area contributed by atoms with Crippen molar-refractivity contribution in [1.82, 2.24) is 4.90 Å². The summed E-state index contributed by atoms with van der Waals surface area (Å²) in [6, 6.07) is 15.7. The van der Waals surface area contributed by atoms with Gasteiger partial charge in [-0.3, -0.25) is 4.90 Å². The minimum Gasteiger partial charge on any atom is -0.381 e. The molecule has 1 heterocycles. The molecule has 1 aliphatic rings. The molecule has 0 spiro atoms. The maximum Gasteiger partial charge on any atom is 0.0599 e. The molecular formula is C18H25ClN2O. The molecule has 0 radical (unpaired) electrons. The fourth-order valence-corrected chi connectivity index (χ4v) is 3.30. The molecule has 0 aromatic heterocycles. The standard InChI is InChI=1S/C18H24N2O.ClH/c1-21-18-8-9-20(17(11-18)12-19)13-14-6-7-15-4-2-3-5-16(15)10-14;/h2-7,10,17-18H,8-9,11-13,19H2,1H3;1H. The molecule has 120 valence electrons. The molecule has 1 fully saturated rings. The molecule has 3 rings (SSSR count). The van der Waals surface area contributed by atoms with Crippen LogP contribution in [-0.4, -0.2) is 37.2 Å². The van der Waals surface area contributed by atoms with Gasteiger partial charge in [0.25, 0.3) is 0 Å². The first kappa shape index (κ1) is 17.2. The van der Waals surface area contributed by atoms with Crippen molar-refractivity contribution in [3.05, 3.63) is 48.0 Å². The lowest BCUT2D eigenvalue weighted by Gasteiger charge is -2.38. The van der Waals surface area contributed by atoms with Crippen LogP contribution >= 0.6 is 12.4 Å². The highest BCUT2D eigenvalue weighted by Crippen LogP contribution is 2.23. The van der Waals surface area contributed by atoms with Crippen molar-refractivity contribution in [3.8, 4) is 0 Å². The van der Waals surface area contributed by atoms with Crippen LogP contribution in [0.4, 0.5) is 0 Å². The molecule has 1 aliphatic heterocycles. The van der Waals surface area contributed by atoms with Gasteiger partial charge >= 0.3 is 0 Å². The number of likely N-dealkylation sites (tertiary alicyclic amines) is 1. The van der Waals surface area contributed by atoms with Gasteiger partial charge in [0.1, 0.15) is 0 Å². The Morgan fingerprint density at radius 2 is 1.95 bits per heavy atom. The first-order chi connectivity index (χ1) is 10.3. The molecule has 0 saturated carbocycles. The van der Waals surface area contributed by atoms with Gasteiger partial charge in [-0.2, -0.15) is 0 Å². The predicted molar refractivity (Wildman–Crippen MR) is 94.5 cm³/mol. The van der Waals surface area contributed by atoms with E-state index >= 15 is 0 Å². The molecule has 1 saturated heterocycles. The van der Waals surface area contributed by atoms with Crippen LogP contribution in [0.5, 0.6) is 0 Å². The third kappa shape index (κ3) is 3.79. The van der Waals surface area contributed by atoms with Crippen molar-refractivity contribution in [1.29, 1.82) is 0 Å². The summed E-state index contributed by atoms with van der Waals surface area (Å²) in [5.74, 6) is 0. The molecule has 2 atom stereocenters.